The molecule has 0 unspecified atom stereocenters. The second-order valence-corrected chi connectivity index (χ2v) is 5.27. The third kappa shape index (κ3) is 4.29. The lowest BCUT2D eigenvalue weighted by atomic mass is 9.90. The van der Waals surface area contributed by atoms with Gasteiger partial charge in [-0.15, -0.1) is 0 Å². The van der Waals surface area contributed by atoms with E-state index in [9.17, 15) is 9.59 Å². The lowest BCUT2D eigenvalue weighted by molar-refractivity contribution is -0.130. The van der Waals surface area contributed by atoms with Crippen molar-refractivity contribution >= 4 is 11.8 Å². The first-order valence-corrected chi connectivity index (χ1v) is 7.66. The fraction of sp³-hybridized carbons (Fsp3) is 0.263. The van der Waals surface area contributed by atoms with E-state index in [1.54, 1.807) is 0 Å². The predicted octanol–water partition coefficient (Wildman–Crippen LogP) is 3.65. The Balaban J connectivity index is 2.22. The summed E-state index contributed by atoms with van der Waals surface area (Å²) in [7, 11) is 0. The number of rotatable bonds is 6. The number of hydrogen-bond acceptors (Lipinski definition) is 2. The molecule has 0 aromatic heterocycles. The van der Waals surface area contributed by atoms with E-state index in [0.717, 1.165) is 24.0 Å². The summed E-state index contributed by atoms with van der Waals surface area (Å²) in [6.07, 6.45) is 2.11. The van der Waals surface area contributed by atoms with Gasteiger partial charge in [0.1, 0.15) is 0 Å². The number of nitrogens with one attached hydrogen (secondary N) is 1. The second-order valence-electron chi connectivity index (χ2n) is 5.27. The van der Waals surface area contributed by atoms with Gasteiger partial charge >= 0.3 is 0 Å². The van der Waals surface area contributed by atoms with E-state index in [1.165, 1.54) is 0 Å². The molecule has 0 aliphatic rings. The molecule has 2 amide bonds. The minimum Gasteiger partial charge on any atom is -0.296 e. The maximum atomic E-state index is 12.6. The molecule has 3 nitrogen and oxygen atoms in total. The Morgan fingerprint density at radius 1 is 0.909 bits per heavy atom. The van der Waals surface area contributed by atoms with Crippen LogP contribution >= 0.6 is 0 Å². The summed E-state index contributed by atoms with van der Waals surface area (Å²) < 4.78 is 0. The molecule has 0 spiro atoms. The highest BCUT2D eigenvalue weighted by Gasteiger charge is 2.23. The monoisotopic (exact) mass is 295 g/mol. The van der Waals surface area contributed by atoms with Crippen LogP contribution in [0.15, 0.2) is 60.7 Å². The van der Waals surface area contributed by atoms with E-state index in [1.807, 2.05) is 67.6 Å². The van der Waals surface area contributed by atoms with Crippen molar-refractivity contribution in [3.05, 3.63) is 71.8 Å². The van der Waals surface area contributed by atoms with Crippen molar-refractivity contribution in [1.29, 1.82) is 0 Å². The van der Waals surface area contributed by atoms with Crippen LogP contribution in [0.4, 0.5) is 0 Å². The summed E-state index contributed by atoms with van der Waals surface area (Å²) in [5.41, 5.74) is 1.77. The topological polar surface area (TPSA) is 46.2 Å². The van der Waals surface area contributed by atoms with Crippen molar-refractivity contribution < 1.29 is 9.59 Å². The Kier molecular flexibility index (Phi) is 5.90. The van der Waals surface area contributed by atoms with E-state index in [0.29, 0.717) is 6.42 Å². The molecule has 22 heavy (non-hydrogen) atoms. The quantitative estimate of drug-likeness (QED) is 0.884. The van der Waals surface area contributed by atoms with Gasteiger partial charge in [-0.05, 0) is 17.5 Å². The van der Waals surface area contributed by atoms with Crippen molar-refractivity contribution in [2.24, 2.45) is 0 Å². The van der Waals surface area contributed by atoms with Crippen molar-refractivity contribution in [3.63, 3.8) is 0 Å². The molecule has 0 aliphatic carbocycles. The zero-order valence-corrected chi connectivity index (χ0v) is 12.8. The lowest BCUT2D eigenvalue weighted by Crippen LogP contribution is -2.35. The zero-order chi connectivity index (χ0) is 15.8. The van der Waals surface area contributed by atoms with Gasteiger partial charge in [0.2, 0.25) is 11.8 Å². The molecule has 1 N–H and O–H groups in total. The van der Waals surface area contributed by atoms with Crippen molar-refractivity contribution in [3.8, 4) is 0 Å². The normalized spacial score (nSPS) is 10.5. The first-order chi connectivity index (χ1) is 10.7. The van der Waals surface area contributed by atoms with Crippen LogP contribution in [-0.2, 0) is 9.59 Å². The number of carbonyl (C=O) groups excluding carboxylic acids is 2. The van der Waals surface area contributed by atoms with E-state index in [4.69, 9.17) is 0 Å². The van der Waals surface area contributed by atoms with Crippen LogP contribution in [0, 0.1) is 0 Å². The Hall–Kier alpha value is -2.42. The molecule has 2 aromatic rings. The SMILES string of the molecule is CCCCC(=O)NC(=O)C(c1ccccc1)c1ccccc1. The van der Waals surface area contributed by atoms with Gasteiger partial charge in [-0.1, -0.05) is 74.0 Å². The minimum absolute atomic E-state index is 0.205. The molecule has 0 aliphatic heterocycles. The van der Waals surface area contributed by atoms with Crippen molar-refractivity contribution in [2.45, 2.75) is 32.1 Å². The molecule has 0 atom stereocenters. The van der Waals surface area contributed by atoms with E-state index in [-0.39, 0.29) is 11.8 Å². The third-order valence-electron chi connectivity index (χ3n) is 3.55. The van der Waals surface area contributed by atoms with Gasteiger partial charge in [-0.3, -0.25) is 14.9 Å². The van der Waals surface area contributed by atoms with Gasteiger partial charge in [-0.25, -0.2) is 0 Å². The Morgan fingerprint density at radius 2 is 1.41 bits per heavy atom. The van der Waals surface area contributed by atoms with Gasteiger partial charge in [0.15, 0.2) is 0 Å². The third-order valence-corrected chi connectivity index (χ3v) is 3.55. The Labute approximate surface area is 131 Å². The molecule has 2 rings (SSSR count). The van der Waals surface area contributed by atoms with Crippen molar-refractivity contribution in [1.82, 2.24) is 5.32 Å². The van der Waals surface area contributed by atoms with Crippen molar-refractivity contribution in [2.75, 3.05) is 0 Å². The summed E-state index contributed by atoms with van der Waals surface area (Å²) in [5.74, 6) is -0.935. The first-order valence-electron chi connectivity index (χ1n) is 7.66. The highest BCUT2D eigenvalue weighted by Crippen LogP contribution is 2.24. The molecule has 0 saturated heterocycles. The molecular formula is C19H21NO2. The number of hydrogen-bond donors (Lipinski definition) is 1. The standard InChI is InChI=1S/C19H21NO2/c1-2-3-14-17(21)20-19(22)18(15-10-6-4-7-11-15)16-12-8-5-9-13-16/h4-13,18H,2-3,14H2,1H3,(H,20,21,22). The molecule has 0 bridgehead atoms. The summed E-state index contributed by atoms with van der Waals surface area (Å²) in [4.78, 5) is 24.4. The first kappa shape index (κ1) is 16.0. The predicted molar refractivity (Wildman–Crippen MR) is 87.4 cm³/mol. The molecule has 0 radical (unpaired) electrons. The molecule has 0 fully saturated rings. The molecule has 3 heteroatoms. The van der Waals surface area contributed by atoms with Crippen LogP contribution < -0.4 is 5.32 Å². The fourth-order valence-corrected chi connectivity index (χ4v) is 2.40. The largest absolute Gasteiger partial charge is 0.296 e. The minimum atomic E-state index is -0.465. The van der Waals surface area contributed by atoms with Crippen LogP contribution in [0.3, 0.4) is 0 Å². The van der Waals surface area contributed by atoms with E-state index < -0.39 is 5.92 Å². The average molecular weight is 295 g/mol. The lowest BCUT2D eigenvalue weighted by Gasteiger charge is -2.17. The van der Waals surface area contributed by atoms with Gasteiger partial charge in [0, 0.05) is 6.42 Å². The van der Waals surface area contributed by atoms with Crippen LogP contribution in [0.1, 0.15) is 43.2 Å². The van der Waals surface area contributed by atoms with E-state index in [2.05, 4.69) is 5.32 Å². The van der Waals surface area contributed by atoms with Crippen LogP contribution in [0.2, 0.25) is 0 Å². The number of amides is 2. The zero-order valence-electron chi connectivity index (χ0n) is 12.8. The van der Waals surface area contributed by atoms with Crippen LogP contribution in [0.25, 0.3) is 0 Å². The number of carbonyl (C=O) groups is 2. The number of unbranched alkanes of at least 4 members (excludes halogenated alkanes) is 1. The maximum absolute atomic E-state index is 12.6. The maximum Gasteiger partial charge on any atom is 0.238 e. The highest BCUT2D eigenvalue weighted by atomic mass is 16.2. The van der Waals surface area contributed by atoms with Gasteiger partial charge < -0.3 is 0 Å². The molecule has 2 aromatic carbocycles. The van der Waals surface area contributed by atoms with Crippen LogP contribution in [-0.4, -0.2) is 11.8 Å². The van der Waals surface area contributed by atoms with Gasteiger partial charge in [0.25, 0.3) is 0 Å². The number of imide groups is 1. The molecular weight excluding hydrogens is 274 g/mol. The summed E-state index contributed by atoms with van der Waals surface area (Å²) in [5, 5.41) is 2.53. The summed E-state index contributed by atoms with van der Waals surface area (Å²) in [6, 6.07) is 19.1. The Morgan fingerprint density at radius 3 is 1.86 bits per heavy atom. The summed E-state index contributed by atoms with van der Waals surface area (Å²) in [6.45, 7) is 2.02. The Bertz CT molecular complexity index is 568. The number of benzene rings is 2. The molecule has 114 valence electrons. The smallest absolute Gasteiger partial charge is 0.238 e. The second kappa shape index (κ2) is 8.13. The fourth-order valence-electron chi connectivity index (χ4n) is 2.40. The summed E-state index contributed by atoms with van der Waals surface area (Å²) >= 11 is 0. The van der Waals surface area contributed by atoms with E-state index >= 15 is 0 Å². The average Bonchev–Trinajstić information content (AvgIpc) is 2.55. The van der Waals surface area contributed by atoms with Crippen LogP contribution in [0.5, 0.6) is 0 Å². The van der Waals surface area contributed by atoms with Gasteiger partial charge in [0.05, 0.1) is 5.92 Å². The highest BCUT2D eigenvalue weighted by molar-refractivity contribution is 5.99. The molecule has 0 saturated carbocycles. The molecule has 0 heterocycles. The van der Waals surface area contributed by atoms with Gasteiger partial charge in [-0.2, -0.15) is 0 Å².